The zero-order valence-electron chi connectivity index (χ0n) is 10.4. The molecule has 0 aliphatic carbocycles. The van der Waals surface area contributed by atoms with Gasteiger partial charge in [-0.3, -0.25) is 0 Å². The summed E-state index contributed by atoms with van der Waals surface area (Å²) in [5.41, 5.74) is 1.18. The third-order valence-electron chi connectivity index (χ3n) is 2.85. The van der Waals surface area contributed by atoms with E-state index in [2.05, 4.69) is 22.6 Å². The van der Waals surface area contributed by atoms with E-state index in [1.807, 2.05) is 12.1 Å². The SMILES string of the molecule is NS(=O)(=O)c1ccc(CCCCCCCI)cc1. The van der Waals surface area contributed by atoms with Crippen LogP contribution in [0.5, 0.6) is 0 Å². The standard InChI is InChI=1S/C13H20INO2S/c14-11-5-3-1-2-4-6-12-7-9-13(10-8-12)18(15,16)17/h7-10H,1-6,11H2,(H2,15,16,17). The van der Waals surface area contributed by atoms with E-state index in [9.17, 15) is 8.42 Å². The van der Waals surface area contributed by atoms with Crippen molar-refractivity contribution in [1.82, 2.24) is 0 Å². The molecular weight excluding hydrogens is 361 g/mol. The van der Waals surface area contributed by atoms with Crippen LogP contribution in [0, 0.1) is 0 Å². The van der Waals surface area contributed by atoms with Gasteiger partial charge in [-0.15, -0.1) is 0 Å². The quantitative estimate of drug-likeness (QED) is 0.427. The molecule has 0 fully saturated rings. The van der Waals surface area contributed by atoms with E-state index in [0.29, 0.717) is 0 Å². The van der Waals surface area contributed by atoms with Crippen molar-refractivity contribution in [1.29, 1.82) is 0 Å². The Morgan fingerprint density at radius 1 is 0.944 bits per heavy atom. The molecule has 0 unspecified atom stereocenters. The minimum atomic E-state index is -3.56. The number of unbranched alkanes of at least 4 members (excludes halogenated alkanes) is 4. The van der Waals surface area contributed by atoms with Crippen LogP contribution in [0.1, 0.15) is 37.7 Å². The van der Waals surface area contributed by atoms with Gasteiger partial charge in [0.2, 0.25) is 10.0 Å². The Kier molecular flexibility index (Phi) is 7.18. The van der Waals surface area contributed by atoms with Gasteiger partial charge < -0.3 is 0 Å². The second-order valence-electron chi connectivity index (χ2n) is 4.40. The van der Waals surface area contributed by atoms with Gasteiger partial charge in [0.15, 0.2) is 0 Å². The lowest BCUT2D eigenvalue weighted by Gasteiger charge is -2.03. The highest BCUT2D eigenvalue weighted by Crippen LogP contribution is 2.12. The lowest BCUT2D eigenvalue weighted by molar-refractivity contribution is 0.597. The number of aryl methyl sites for hydroxylation is 1. The Labute approximate surface area is 123 Å². The molecule has 0 aliphatic heterocycles. The summed E-state index contributed by atoms with van der Waals surface area (Å²) < 4.78 is 23.4. The average molecular weight is 381 g/mol. The van der Waals surface area contributed by atoms with Gasteiger partial charge in [0.25, 0.3) is 0 Å². The average Bonchev–Trinajstić information content (AvgIpc) is 2.33. The Morgan fingerprint density at radius 2 is 1.50 bits per heavy atom. The highest BCUT2D eigenvalue weighted by atomic mass is 127. The van der Waals surface area contributed by atoms with E-state index in [-0.39, 0.29) is 4.90 Å². The Bertz CT molecular complexity index is 443. The summed E-state index contributed by atoms with van der Waals surface area (Å²) in [5.74, 6) is 0. The third-order valence-corrected chi connectivity index (χ3v) is 4.54. The molecule has 102 valence electrons. The smallest absolute Gasteiger partial charge is 0.225 e. The molecule has 0 amide bonds. The second kappa shape index (κ2) is 8.12. The first kappa shape index (κ1) is 15.9. The summed E-state index contributed by atoms with van der Waals surface area (Å²) in [7, 11) is -3.56. The van der Waals surface area contributed by atoms with E-state index in [1.54, 1.807) is 12.1 Å². The molecular formula is C13H20INO2S. The first-order valence-corrected chi connectivity index (χ1v) is 9.29. The normalized spacial score (nSPS) is 11.7. The Morgan fingerprint density at radius 3 is 2.06 bits per heavy atom. The molecule has 2 N–H and O–H groups in total. The topological polar surface area (TPSA) is 60.2 Å². The zero-order chi connectivity index (χ0) is 13.4. The molecule has 0 saturated heterocycles. The van der Waals surface area contributed by atoms with E-state index < -0.39 is 10.0 Å². The molecule has 0 spiro atoms. The summed E-state index contributed by atoms with van der Waals surface area (Å²) in [6, 6.07) is 6.87. The van der Waals surface area contributed by atoms with Crippen LogP contribution >= 0.6 is 22.6 Å². The fourth-order valence-electron chi connectivity index (χ4n) is 1.80. The van der Waals surface area contributed by atoms with E-state index in [1.165, 1.54) is 35.7 Å². The minimum absolute atomic E-state index is 0.188. The maximum atomic E-state index is 11.1. The van der Waals surface area contributed by atoms with Crippen LogP contribution in [0.2, 0.25) is 0 Å². The molecule has 0 radical (unpaired) electrons. The maximum absolute atomic E-state index is 11.1. The van der Waals surface area contributed by atoms with Gasteiger partial charge in [0.1, 0.15) is 0 Å². The number of benzene rings is 1. The van der Waals surface area contributed by atoms with Crippen LogP contribution in [-0.4, -0.2) is 12.8 Å². The zero-order valence-corrected chi connectivity index (χ0v) is 13.4. The Hall–Kier alpha value is -0.140. The van der Waals surface area contributed by atoms with Crippen molar-refractivity contribution in [2.24, 2.45) is 5.14 Å². The second-order valence-corrected chi connectivity index (χ2v) is 7.04. The van der Waals surface area contributed by atoms with Gasteiger partial charge in [-0.2, -0.15) is 0 Å². The molecule has 5 heteroatoms. The number of sulfonamides is 1. The molecule has 18 heavy (non-hydrogen) atoms. The van der Waals surface area contributed by atoms with E-state index in [4.69, 9.17) is 5.14 Å². The highest BCUT2D eigenvalue weighted by Gasteiger charge is 2.06. The first-order valence-electron chi connectivity index (χ1n) is 6.22. The number of primary sulfonamides is 1. The predicted molar refractivity (Wildman–Crippen MR) is 83.5 cm³/mol. The van der Waals surface area contributed by atoms with Crippen molar-refractivity contribution in [3.05, 3.63) is 29.8 Å². The summed E-state index contributed by atoms with van der Waals surface area (Å²) >= 11 is 2.41. The van der Waals surface area contributed by atoms with Crippen molar-refractivity contribution >= 4 is 32.6 Å². The lowest BCUT2D eigenvalue weighted by atomic mass is 10.1. The van der Waals surface area contributed by atoms with Crippen LogP contribution in [0.25, 0.3) is 0 Å². The minimum Gasteiger partial charge on any atom is -0.225 e. The molecule has 0 aliphatic rings. The summed E-state index contributed by atoms with van der Waals surface area (Å²) in [6.45, 7) is 0. The van der Waals surface area contributed by atoms with E-state index >= 15 is 0 Å². The van der Waals surface area contributed by atoms with E-state index in [0.717, 1.165) is 12.8 Å². The molecule has 0 heterocycles. The van der Waals surface area contributed by atoms with Gasteiger partial charge in [-0.1, -0.05) is 54.0 Å². The van der Waals surface area contributed by atoms with Crippen molar-refractivity contribution in [2.75, 3.05) is 4.43 Å². The molecule has 0 aromatic heterocycles. The van der Waals surface area contributed by atoms with Gasteiger partial charge in [0, 0.05) is 0 Å². The van der Waals surface area contributed by atoms with Crippen molar-refractivity contribution in [3.63, 3.8) is 0 Å². The monoisotopic (exact) mass is 381 g/mol. The molecule has 1 aromatic carbocycles. The van der Waals surface area contributed by atoms with Crippen LogP contribution in [-0.2, 0) is 16.4 Å². The molecule has 3 nitrogen and oxygen atoms in total. The largest absolute Gasteiger partial charge is 0.238 e. The van der Waals surface area contributed by atoms with Crippen LogP contribution in [0.3, 0.4) is 0 Å². The maximum Gasteiger partial charge on any atom is 0.238 e. The lowest BCUT2D eigenvalue weighted by Crippen LogP contribution is -2.11. The number of rotatable bonds is 8. The number of nitrogens with two attached hydrogens (primary N) is 1. The molecule has 0 bridgehead atoms. The van der Waals surface area contributed by atoms with Gasteiger partial charge in [-0.05, 0) is 41.4 Å². The summed E-state index contributed by atoms with van der Waals surface area (Å²) in [4.78, 5) is 0.188. The summed E-state index contributed by atoms with van der Waals surface area (Å²) in [6.07, 6.45) is 7.33. The first-order chi connectivity index (χ1) is 8.54. The molecule has 1 aromatic rings. The van der Waals surface area contributed by atoms with Gasteiger partial charge in [-0.25, -0.2) is 13.6 Å². The Balaban J connectivity index is 2.32. The molecule has 0 saturated carbocycles. The van der Waals surface area contributed by atoms with Crippen LogP contribution in [0.4, 0.5) is 0 Å². The molecule has 0 atom stereocenters. The highest BCUT2D eigenvalue weighted by molar-refractivity contribution is 14.1. The van der Waals surface area contributed by atoms with Gasteiger partial charge in [0.05, 0.1) is 4.90 Å². The number of alkyl halides is 1. The predicted octanol–water partition coefficient (Wildman–Crippen LogP) is 3.26. The van der Waals surface area contributed by atoms with Crippen LogP contribution < -0.4 is 5.14 Å². The van der Waals surface area contributed by atoms with Crippen molar-refractivity contribution < 1.29 is 8.42 Å². The van der Waals surface area contributed by atoms with Crippen molar-refractivity contribution in [2.45, 2.75) is 43.4 Å². The number of hydrogen-bond donors (Lipinski definition) is 1. The molecule has 1 rings (SSSR count). The fourth-order valence-corrected chi connectivity index (χ4v) is 2.85. The van der Waals surface area contributed by atoms with Crippen LogP contribution in [0.15, 0.2) is 29.2 Å². The third kappa shape index (κ3) is 6.15. The number of halogens is 1. The number of hydrogen-bond acceptors (Lipinski definition) is 2. The summed E-state index contributed by atoms with van der Waals surface area (Å²) in [5, 5.41) is 5.05. The fraction of sp³-hybridized carbons (Fsp3) is 0.538. The van der Waals surface area contributed by atoms with Crippen molar-refractivity contribution in [3.8, 4) is 0 Å². The van der Waals surface area contributed by atoms with Gasteiger partial charge >= 0.3 is 0 Å².